The third-order valence-electron chi connectivity index (χ3n) is 5.02. The first-order valence-corrected chi connectivity index (χ1v) is 10.6. The molecule has 0 atom stereocenters. The number of aromatic nitrogens is 2. The van der Waals surface area contributed by atoms with Crippen LogP contribution in [0.1, 0.15) is 25.7 Å². The first kappa shape index (κ1) is 20.0. The number of ether oxygens (including phenoxy) is 2. The molecular weight excluding hydrogens is 430 g/mol. The molecule has 1 aliphatic heterocycles. The summed E-state index contributed by atoms with van der Waals surface area (Å²) in [6, 6.07) is 16.1. The van der Waals surface area contributed by atoms with Gasteiger partial charge in [-0.15, -0.1) is 11.3 Å². The highest BCUT2D eigenvalue weighted by atomic mass is 32.1. The molecule has 32 heavy (non-hydrogen) atoms. The first-order chi connectivity index (χ1) is 15.5. The van der Waals surface area contributed by atoms with Crippen LogP contribution in [0.25, 0.3) is 15.9 Å². The number of anilines is 1. The number of nitrogens with one attached hydrogen (secondary N) is 1. The van der Waals surface area contributed by atoms with Crippen molar-refractivity contribution in [3.05, 3.63) is 70.7 Å². The van der Waals surface area contributed by atoms with Gasteiger partial charge in [-0.25, -0.2) is 9.48 Å². The second-order valence-corrected chi connectivity index (χ2v) is 8.24. The SMILES string of the molecule is Cc1nn(-c2ccccc2)c2sc(C(=O)OCC(=O)c3ccc4c(c3)NC(=O)CO4)cc12. The number of hydrogen-bond donors (Lipinski definition) is 1. The van der Waals surface area contributed by atoms with Gasteiger partial charge in [-0.2, -0.15) is 5.10 Å². The van der Waals surface area contributed by atoms with Crippen LogP contribution in [0.5, 0.6) is 5.75 Å². The van der Waals surface area contributed by atoms with Crippen molar-refractivity contribution in [3.8, 4) is 11.4 Å². The lowest BCUT2D eigenvalue weighted by Gasteiger charge is -2.18. The summed E-state index contributed by atoms with van der Waals surface area (Å²) < 4.78 is 12.3. The van der Waals surface area contributed by atoms with E-state index in [0.29, 0.717) is 21.9 Å². The van der Waals surface area contributed by atoms with Gasteiger partial charge < -0.3 is 14.8 Å². The van der Waals surface area contributed by atoms with Crippen molar-refractivity contribution in [2.45, 2.75) is 6.92 Å². The lowest BCUT2D eigenvalue weighted by molar-refractivity contribution is -0.118. The van der Waals surface area contributed by atoms with Crippen molar-refractivity contribution in [2.75, 3.05) is 18.5 Å². The number of ketones is 1. The number of thiophene rings is 1. The summed E-state index contributed by atoms with van der Waals surface area (Å²) in [6.07, 6.45) is 0. The summed E-state index contributed by atoms with van der Waals surface area (Å²) in [5, 5.41) is 8.07. The summed E-state index contributed by atoms with van der Waals surface area (Å²) in [6.45, 7) is 1.41. The number of hydrogen-bond acceptors (Lipinski definition) is 7. The smallest absolute Gasteiger partial charge is 0.348 e. The number of benzene rings is 2. The standard InChI is InChI=1S/C23H17N3O5S/c1-13-16-10-20(32-22(16)26(25-13)15-5-3-2-4-6-15)23(29)31-11-18(27)14-7-8-19-17(9-14)24-21(28)12-30-19/h2-10H,11-12H2,1H3,(H,24,28). The van der Waals surface area contributed by atoms with Gasteiger partial charge in [0, 0.05) is 10.9 Å². The topological polar surface area (TPSA) is 99.5 Å². The Morgan fingerprint density at radius 1 is 1.19 bits per heavy atom. The van der Waals surface area contributed by atoms with E-state index in [2.05, 4.69) is 10.4 Å². The van der Waals surface area contributed by atoms with Crippen molar-refractivity contribution in [1.82, 2.24) is 9.78 Å². The monoisotopic (exact) mass is 447 g/mol. The van der Waals surface area contributed by atoms with Crippen LogP contribution in [0.15, 0.2) is 54.6 Å². The van der Waals surface area contributed by atoms with Crippen LogP contribution >= 0.6 is 11.3 Å². The van der Waals surface area contributed by atoms with Crippen LogP contribution in [0.4, 0.5) is 5.69 Å². The molecular formula is C23H17N3O5S. The predicted octanol–water partition coefficient (Wildman–Crippen LogP) is 3.77. The molecule has 1 aliphatic rings. The second kappa shape index (κ2) is 7.93. The normalized spacial score (nSPS) is 12.7. The van der Waals surface area contributed by atoms with Crippen LogP contribution in [0.3, 0.4) is 0 Å². The highest BCUT2D eigenvalue weighted by molar-refractivity contribution is 7.20. The van der Waals surface area contributed by atoms with E-state index in [1.807, 2.05) is 37.3 Å². The third kappa shape index (κ3) is 3.63. The Hall–Kier alpha value is -3.98. The zero-order valence-electron chi connectivity index (χ0n) is 17.0. The molecule has 1 N–H and O–H groups in total. The van der Waals surface area contributed by atoms with Crippen molar-refractivity contribution >= 4 is 44.9 Å². The number of amides is 1. The van der Waals surface area contributed by atoms with Crippen molar-refractivity contribution < 1.29 is 23.9 Å². The summed E-state index contributed by atoms with van der Waals surface area (Å²) in [5.41, 5.74) is 2.43. The van der Waals surface area contributed by atoms with Gasteiger partial charge in [0.2, 0.25) is 0 Å². The van der Waals surface area contributed by atoms with Gasteiger partial charge in [0.05, 0.1) is 17.1 Å². The molecule has 0 saturated heterocycles. The Bertz CT molecular complexity index is 1370. The summed E-state index contributed by atoms with van der Waals surface area (Å²) in [7, 11) is 0. The highest BCUT2D eigenvalue weighted by Gasteiger charge is 2.21. The number of Topliss-reactive ketones (excluding diaryl/α,β-unsaturated/α-hetero) is 1. The van der Waals surface area contributed by atoms with E-state index in [-0.39, 0.29) is 18.3 Å². The molecule has 8 nitrogen and oxygen atoms in total. The molecule has 0 fully saturated rings. The zero-order valence-corrected chi connectivity index (χ0v) is 17.8. The maximum Gasteiger partial charge on any atom is 0.348 e. The summed E-state index contributed by atoms with van der Waals surface area (Å²) >= 11 is 1.26. The van der Waals surface area contributed by atoms with Crippen LogP contribution < -0.4 is 10.1 Å². The van der Waals surface area contributed by atoms with Crippen LogP contribution in [0, 0.1) is 6.92 Å². The van der Waals surface area contributed by atoms with Gasteiger partial charge in [0.25, 0.3) is 5.91 Å². The summed E-state index contributed by atoms with van der Waals surface area (Å²) in [4.78, 5) is 37.8. The fourth-order valence-electron chi connectivity index (χ4n) is 3.43. The van der Waals surface area contributed by atoms with Crippen molar-refractivity contribution in [1.29, 1.82) is 0 Å². The van der Waals surface area contributed by atoms with Gasteiger partial charge >= 0.3 is 5.97 Å². The number of rotatable bonds is 5. The molecule has 0 saturated carbocycles. The lowest BCUT2D eigenvalue weighted by Crippen LogP contribution is -2.25. The Morgan fingerprint density at radius 2 is 2.00 bits per heavy atom. The third-order valence-corrected chi connectivity index (χ3v) is 6.11. The molecule has 0 unspecified atom stereocenters. The fourth-order valence-corrected chi connectivity index (χ4v) is 4.51. The van der Waals surface area contributed by atoms with E-state index < -0.39 is 12.6 Å². The average molecular weight is 447 g/mol. The molecule has 9 heteroatoms. The molecule has 0 aliphatic carbocycles. The highest BCUT2D eigenvalue weighted by Crippen LogP contribution is 2.31. The number of fused-ring (bicyclic) bond motifs is 2. The molecule has 0 spiro atoms. The van der Waals surface area contributed by atoms with Gasteiger partial charge in [-0.05, 0) is 43.3 Å². The summed E-state index contributed by atoms with van der Waals surface area (Å²) in [5.74, 6) is -0.754. The maximum atomic E-state index is 12.6. The van der Waals surface area contributed by atoms with Crippen molar-refractivity contribution in [2.24, 2.45) is 0 Å². The Labute approximate surface area is 186 Å². The quantitative estimate of drug-likeness (QED) is 0.369. The predicted molar refractivity (Wildman–Crippen MR) is 119 cm³/mol. The van der Waals surface area contributed by atoms with Gasteiger partial charge in [0.1, 0.15) is 15.5 Å². The van der Waals surface area contributed by atoms with E-state index in [4.69, 9.17) is 9.47 Å². The molecule has 0 radical (unpaired) electrons. The second-order valence-electron chi connectivity index (χ2n) is 7.21. The number of nitrogens with zero attached hydrogens (tertiary/aromatic N) is 2. The van der Waals surface area contributed by atoms with Gasteiger partial charge in [-0.3, -0.25) is 9.59 Å². The van der Waals surface area contributed by atoms with E-state index in [1.165, 1.54) is 17.4 Å². The van der Waals surface area contributed by atoms with E-state index in [1.54, 1.807) is 22.9 Å². The lowest BCUT2D eigenvalue weighted by atomic mass is 10.1. The van der Waals surface area contributed by atoms with Crippen LogP contribution in [-0.2, 0) is 9.53 Å². The van der Waals surface area contributed by atoms with E-state index in [0.717, 1.165) is 21.6 Å². The number of carbonyl (C=O) groups excluding carboxylic acids is 3. The molecule has 4 aromatic rings. The minimum atomic E-state index is -0.576. The molecule has 2 aromatic heterocycles. The van der Waals surface area contributed by atoms with E-state index >= 15 is 0 Å². The number of carbonyl (C=O) groups is 3. The number of para-hydroxylation sites is 1. The van der Waals surface area contributed by atoms with Gasteiger partial charge in [0.15, 0.2) is 19.0 Å². The largest absolute Gasteiger partial charge is 0.482 e. The minimum absolute atomic E-state index is 0.0609. The molecule has 160 valence electrons. The molecule has 5 rings (SSSR count). The van der Waals surface area contributed by atoms with E-state index in [9.17, 15) is 14.4 Å². The van der Waals surface area contributed by atoms with Gasteiger partial charge in [-0.1, -0.05) is 18.2 Å². The molecule has 3 heterocycles. The first-order valence-electron chi connectivity index (χ1n) is 9.81. The molecule has 0 bridgehead atoms. The van der Waals surface area contributed by atoms with Crippen LogP contribution in [-0.4, -0.2) is 40.7 Å². The number of aryl methyl sites for hydroxylation is 1. The molecule has 1 amide bonds. The van der Waals surface area contributed by atoms with Crippen LogP contribution in [0.2, 0.25) is 0 Å². The minimum Gasteiger partial charge on any atom is -0.482 e. The van der Waals surface area contributed by atoms with Crippen molar-refractivity contribution in [3.63, 3.8) is 0 Å². The Morgan fingerprint density at radius 3 is 2.81 bits per heavy atom. The number of esters is 1. The average Bonchev–Trinajstić information content (AvgIpc) is 3.38. The molecule has 2 aromatic carbocycles. The zero-order chi connectivity index (χ0) is 22.2. The Balaban J connectivity index is 1.32. The fraction of sp³-hybridized carbons (Fsp3) is 0.130. The maximum absolute atomic E-state index is 12.6. The Kier molecular flexibility index (Phi) is 4.95.